The standard InChI is InChI=1S/C23H23N3S/c1-4-26(13-18-8-6-5-7-9-18)22-21-20(14-27-23(21)25-15-24-22)19-11-10-16(2)12-17(19)3/h5-12,14-15H,4,13H2,1-3H3. The van der Waals surface area contributed by atoms with Crippen LogP contribution in [-0.2, 0) is 6.54 Å². The zero-order valence-corrected chi connectivity index (χ0v) is 16.8. The smallest absolute Gasteiger partial charge is 0.141 e. The molecule has 0 aliphatic carbocycles. The van der Waals surface area contributed by atoms with Crippen LogP contribution in [0.4, 0.5) is 5.82 Å². The number of fused-ring (bicyclic) bond motifs is 1. The summed E-state index contributed by atoms with van der Waals surface area (Å²) in [6, 6.07) is 17.2. The van der Waals surface area contributed by atoms with Crippen molar-refractivity contribution in [2.24, 2.45) is 0 Å². The van der Waals surface area contributed by atoms with E-state index in [1.54, 1.807) is 17.7 Å². The third-order valence-electron chi connectivity index (χ3n) is 4.92. The van der Waals surface area contributed by atoms with Gasteiger partial charge in [-0.15, -0.1) is 11.3 Å². The topological polar surface area (TPSA) is 29.0 Å². The lowest BCUT2D eigenvalue weighted by Gasteiger charge is -2.23. The highest BCUT2D eigenvalue weighted by molar-refractivity contribution is 7.17. The molecule has 0 aliphatic rings. The van der Waals surface area contributed by atoms with Crippen molar-refractivity contribution in [2.75, 3.05) is 11.4 Å². The molecule has 0 spiro atoms. The molecule has 0 unspecified atom stereocenters. The summed E-state index contributed by atoms with van der Waals surface area (Å²) in [6.07, 6.45) is 1.69. The maximum Gasteiger partial charge on any atom is 0.141 e. The molecule has 0 saturated carbocycles. The second kappa shape index (κ2) is 7.49. The molecule has 0 atom stereocenters. The van der Waals surface area contributed by atoms with E-state index in [1.165, 1.54) is 27.8 Å². The minimum absolute atomic E-state index is 0.839. The van der Waals surface area contributed by atoms with Gasteiger partial charge >= 0.3 is 0 Å². The fourth-order valence-electron chi connectivity index (χ4n) is 3.55. The molecule has 0 saturated heterocycles. The van der Waals surface area contributed by atoms with Crippen LogP contribution in [0.2, 0.25) is 0 Å². The molecule has 0 bridgehead atoms. The molecule has 0 N–H and O–H groups in total. The third-order valence-corrected chi connectivity index (χ3v) is 5.81. The fraction of sp³-hybridized carbons (Fsp3) is 0.217. The Labute approximate surface area is 164 Å². The number of benzene rings is 2. The van der Waals surface area contributed by atoms with Gasteiger partial charge in [0.25, 0.3) is 0 Å². The summed E-state index contributed by atoms with van der Waals surface area (Å²) in [5, 5.41) is 3.38. The van der Waals surface area contributed by atoms with Crippen LogP contribution in [0.5, 0.6) is 0 Å². The summed E-state index contributed by atoms with van der Waals surface area (Å²) in [5.41, 5.74) is 6.35. The van der Waals surface area contributed by atoms with Crippen molar-refractivity contribution in [3.8, 4) is 11.1 Å². The molecule has 4 rings (SSSR count). The molecule has 4 heteroatoms. The van der Waals surface area contributed by atoms with Gasteiger partial charge < -0.3 is 4.90 Å². The van der Waals surface area contributed by atoms with Crippen LogP contribution in [0.15, 0.2) is 60.2 Å². The highest BCUT2D eigenvalue weighted by Crippen LogP contribution is 2.39. The average Bonchev–Trinajstić information content (AvgIpc) is 3.11. The zero-order valence-electron chi connectivity index (χ0n) is 15.9. The van der Waals surface area contributed by atoms with E-state index < -0.39 is 0 Å². The summed E-state index contributed by atoms with van der Waals surface area (Å²) < 4.78 is 0. The predicted octanol–water partition coefficient (Wildman–Crippen LogP) is 6.00. The van der Waals surface area contributed by atoms with Crippen molar-refractivity contribution < 1.29 is 0 Å². The fourth-order valence-corrected chi connectivity index (χ4v) is 4.45. The number of hydrogen-bond donors (Lipinski definition) is 0. The maximum atomic E-state index is 4.70. The molecule has 136 valence electrons. The lowest BCUT2D eigenvalue weighted by Crippen LogP contribution is -2.23. The van der Waals surface area contributed by atoms with E-state index in [1.807, 2.05) is 0 Å². The Balaban J connectivity index is 1.84. The first-order valence-corrected chi connectivity index (χ1v) is 10.1. The Morgan fingerprint density at radius 1 is 0.963 bits per heavy atom. The quantitative estimate of drug-likeness (QED) is 0.429. The van der Waals surface area contributed by atoms with E-state index >= 15 is 0 Å². The van der Waals surface area contributed by atoms with Crippen molar-refractivity contribution in [3.05, 3.63) is 76.9 Å². The van der Waals surface area contributed by atoms with Crippen LogP contribution < -0.4 is 4.90 Å². The minimum Gasteiger partial charge on any atom is -0.352 e. The summed E-state index contributed by atoms with van der Waals surface area (Å²) in [6.45, 7) is 8.22. The van der Waals surface area contributed by atoms with Gasteiger partial charge in [0.15, 0.2) is 0 Å². The van der Waals surface area contributed by atoms with Crippen LogP contribution in [0.1, 0.15) is 23.6 Å². The van der Waals surface area contributed by atoms with Gasteiger partial charge in [-0.2, -0.15) is 0 Å². The summed E-state index contributed by atoms with van der Waals surface area (Å²) >= 11 is 1.69. The predicted molar refractivity (Wildman–Crippen MR) is 115 cm³/mol. The summed E-state index contributed by atoms with van der Waals surface area (Å²) in [4.78, 5) is 12.6. The highest BCUT2D eigenvalue weighted by Gasteiger charge is 2.18. The lowest BCUT2D eigenvalue weighted by atomic mass is 9.99. The monoisotopic (exact) mass is 373 g/mol. The molecule has 3 nitrogen and oxygen atoms in total. The number of nitrogens with zero attached hydrogens (tertiary/aromatic N) is 3. The molecule has 0 amide bonds. The molecule has 0 aliphatic heterocycles. The molecule has 0 radical (unpaired) electrons. The van der Waals surface area contributed by atoms with Gasteiger partial charge in [-0.3, -0.25) is 0 Å². The number of thiophene rings is 1. The largest absolute Gasteiger partial charge is 0.352 e. The SMILES string of the molecule is CCN(Cc1ccccc1)c1ncnc2scc(-c3ccc(C)cc3C)c12. The van der Waals surface area contributed by atoms with Crippen LogP contribution in [0.3, 0.4) is 0 Å². The van der Waals surface area contributed by atoms with Gasteiger partial charge in [-0.05, 0) is 37.5 Å². The van der Waals surface area contributed by atoms with Gasteiger partial charge in [0.2, 0.25) is 0 Å². The molecular weight excluding hydrogens is 350 g/mol. The maximum absolute atomic E-state index is 4.70. The second-order valence-corrected chi connectivity index (χ2v) is 7.70. The molecule has 27 heavy (non-hydrogen) atoms. The van der Waals surface area contributed by atoms with E-state index in [2.05, 4.69) is 84.6 Å². The Kier molecular flexibility index (Phi) is 4.90. The normalized spacial score (nSPS) is 11.1. The number of hydrogen-bond acceptors (Lipinski definition) is 4. The molecule has 2 heterocycles. The van der Waals surface area contributed by atoms with Gasteiger partial charge in [0.05, 0.1) is 5.39 Å². The third kappa shape index (κ3) is 3.45. The Bertz CT molecular complexity index is 1070. The molecular formula is C23H23N3S. The highest BCUT2D eigenvalue weighted by atomic mass is 32.1. The molecule has 2 aromatic carbocycles. The number of anilines is 1. The zero-order chi connectivity index (χ0) is 18.8. The molecule has 2 aromatic heterocycles. The first-order valence-electron chi connectivity index (χ1n) is 9.26. The van der Waals surface area contributed by atoms with Gasteiger partial charge in [-0.25, -0.2) is 9.97 Å². The molecule has 0 fully saturated rings. The number of rotatable bonds is 5. The Hall–Kier alpha value is -2.72. The van der Waals surface area contributed by atoms with Crippen LogP contribution in [0, 0.1) is 13.8 Å². The summed E-state index contributed by atoms with van der Waals surface area (Å²) in [7, 11) is 0. The molecule has 4 aromatic rings. The Morgan fingerprint density at radius 3 is 2.52 bits per heavy atom. The van der Waals surface area contributed by atoms with Crippen LogP contribution in [-0.4, -0.2) is 16.5 Å². The van der Waals surface area contributed by atoms with E-state index in [0.29, 0.717) is 0 Å². The van der Waals surface area contributed by atoms with Crippen molar-refractivity contribution in [2.45, 2.75) is 27.3 Å². The first-order chi connectivity index (χ1) is 13.2. The van der Waals surface area contributed by atoms with Crippen LogP contribution >= 0.6 is 11.3 Å². The average molecular weight is 374 g/mol. The number of aromatic nitrogens is 2. The Morgan fingerprint density at radius 2 is 1.78 bits per heavy atom. The van der Waals surface area contributed by atoms with Crippen molar-refractivity contribution in [3.63, 3.8) is 0 Å². The van der Waals surface area contributed by atoms with E-state index in [9.17, 15) is 0 Å². The van der Waals surface area contributed by atoms with E-state index in [0.717, 1.165) is 29.1 Å². The van der Waals surface area contributed by atoms with Crippen LogP contribution in [0.25, 0.3) is 21.3 Å². The van der Waals surface area contributed by atoms with Crippen molar-refractivity contribution in [1.29, 1.82) is 0 Å². The lowest BCUT2D eigenvalue weighted by molar-refractivity contribution is 0.817. The van der Waals surface area contributed by atoms with Gasteiger partial charge in [0.1, 0.15) is 17.0 Å². The van der Waals surface area contributed by atoms with Gasteiger partial charge in [-0.1, -0.05) is 54.1 Å². The second-order valence-electron chi connectivity index (χ2n) is 6.84. The summed E-state index contributed by atoms with van der Waals surface area (Å²) in [5.74, 6) is 1.02. The van der Waals surface area contributed by atoms with Gasteiger partial charge in [0, 0.05) is 24.0 Å². The van der Waals surface area contributed by atoms with E-state index in [-0.39, 0.29) is 0 Å². The van der Waals surface area contributed by atoms with Crippen molar-refractivity contribution in [1.82, 2.24) is 9.97 Å². The van der Waals surface area contributed by atoms with E-state index in [4.69, 9.17) is 4.98 Å². The number of aryl methyl sites for hydroxylation is 2. The van der Waals surface area contributed by atoms with Crippen molar-refractivity contribution >= 4 is 27.4 Å². The minimum atomic E-state index is 0.839. The first kappa shape index (κ1) is 17.7.